The number of hydrogen-bond acceptors (Lipinski definition) is 4. The fourth-order valence-corrected chi connectivity index (χ4v) is 1.63. The second-order valence-corrected chi connectivity index (χ2v) is 5.83. The van der Waals surface area contributed by atoms with Crippen molar-refractivity contribution in [3.63, 3.8) is 0 Å². The van der Waals surface area contributed by atoms with E-state index in [9.17, 15) is 9.59 Å². The minimum Gasteiger partial charge on any atom is -0.354 e. The number of hydrogen-bond donors (Lipinski definition) is 2. The lowest BCUT2D eigenvalue weighted by molar-refractivity contribution is -0.138. The van der Waals surface area contributed by atoms with Crippen molar-refractivity contribution >= 4 is 17.5 Å². The first-order chi connectivity index (χ1) is 10.3. The van der Waals surface area contributed by atoms with Crippen LogP contribution in [0.25, 0.3) is 0 Å². The van der Waals surface area contributed by atoms with Gasteiger partial charge in [-0.05, 0) is 52.2 Å². The minimum atomic E-state index is -1.18. The first-order valence-corrected chi connectivity index (χ1v) is 7.02. The van der Waals surface area contributed by atoms with Crippen molar-refractivity contribution in [2.24, 2.45) is 5.41 Å². The van der Waals surface area contributed by atoms with Gasteiger partial charge >= 0.3 is 0 Å². The molecule has 2 amide bonds. The molecule has 0 aliphatic rings. The lowest BCUT2D eigenvalue weighted by Gasteiger charge is -2.23. The molecule has 0 radical (unpaired) electrons. The highest BCUT2D eigenvalue weighted by molar-refractivity contribution is 6.09. The Kier molecular flexibility index (Phi) is 6.08. The maximum Gasteiger partial charge on any atom is 0.239 e. The molecular formula is C16H22N4O2. The molecule has 0 fully saturated rings. The number of nitrogens with one attached hydrogen (secondary N) is 2. The third-order valence-electron chi connectivity index (χ3n) is 3.25. The van der Waals surface area contributed by atoms with Crippen LogP contribution < -0.4 is 10.6 Å². The van der Waals surface area contributed by atoms with Gasteiger partial charge in [0, 0.05) is 18.8 Å². The fourth-order valence-electron chi connectivity index (χ4n) is 1.63. The molecule has 1 aromatic rings. The zero-order valence-electron chi connectivity index (χ0n) is 13.4. The SMILES string of the molecule is CN(C)CCNC(=O)C(C)(C)C(=O)Nc1ccc(C#N)cc1. The van der Waals surface area contributed by atoms with Gasteiger partial charge in [0.1, 0.15) is 5.41 Å². The lowest BCUT2D eigenvalue weighted by Crippen LogP contribution is -2.46. The van der Waals surface area contributed by atoms with Crippen molar-refractivity contribution in [1.29, 1.82) is 5.26 Å². The highest BCUT2D eigenvalue weighted by Gasteiger charge is 2.35. The first kappa shape index (κ1) is 17.7. The summed E-state index contributed by atoms with van der Waals surface area (Å²) < 4.78 is 0. The Morgan fingerprint density at radius 2 is 1.77 bits per heavy atom. The molecule has 0 saturated carbocycles. The van der Waals surface area contributed by atoms with Crippen LogP contribution >= 0.6 is 0 Å². The molecule has 118 valence electrons. The van der Waals surface area contributed by atoms with E-state index in [1.165, 1.54) is 0 Å². The molecule has 22 heavy (non-hydrogen) atoms. The number of anilines is 1. The summed E-state index contributed by atoms with van der Waals surface area (Å²) >= 11 is 0. The van der Waals surface area contributed by atoms with Gasteiger partial charge in [-0.15, -0.1) is 0 Å². The van der Waals surface area contributed by atoms with Gasteiger partial charge in [0.05, 0.1) is 11.6 Å². The summed E-state index contributed by atoms with van der Waals surface area (Å²) in [5.41, 5.74) is -0.114. The van der Waals surface area contributed by atoms with Crippen LogP contribution in [0.15, 0.2) is 24.3 Å². The van der Waals surface area contributed by atoms with E-state index in [0.29, 0.717) is 24.3 Å². The van der Waals surface area contributed by atoms with Gasteiger partial charge in [0.15, 0.2) is 0 Å². The molecule has 0 aliphatic carbocycles. The zero-order valence-corrected chi connectivity index (χ0v) is 13.4. The molecule has 0 heterocycles. The molecule has 1 rings (SSSR count). The smallest absolute Gasteiger partial charge is 0.239 e. The summed E-state index contributed by atoms with van der Waals surface area (Å²) in [6.07, 6.45) is 0. The Balaban J connectivity index is 2.64. The van der Waals surface area contributed by atoms with Crippen LogP contribution in [0.3, 0.4) is 0 Å². The Bertz CT molecular complexity index is 571. The lowest BCUT2D eigenvalue weighted by atomic mass is 9.91. The van der Waals surface area contributed by atoms with Gasteiger partial charge in [-0.2, -0.15) is 5.26 Å². The number of nitrogens with zero attached hydrogens (tertiary/aromatic N) is 2. The number of carbonyl (C=O) groups is 2. The molecule has 6 heteroatoms. The Labute approximate surface area is 131 Å². The number of carbonyl (C=O) groups excluding carboxylic acids is 2. The first-order valence-electron chi connectivity index (χ1n) is 7.02. The van der Waals surface area contributed by atoms with Crippen LogP contribution in [-0.2, 0) is 9.59 Å². The third kappa shape index (κ3) is 4.86. The molecule has 0 saturated heterocycles. The molecule has 0 spiro atoms. The molecule has 0 aliphatic heterocycles. The molecule has 0 unspecified atom stereocenters. The van der Waals surface area contributed by atoms with Gasteiger partial charge in [0.2, 0.25) is 11.8 Å². The maximum absolute atomic E-state index is 12.3. The normalized spacial score (nSPS) is 10.9. The van der Waals surface area contributed by atoms with Gasteiger partial charge in [-0.1, -0.05) is 0 Å². The van der Waals surface area contributed by atoms with Crippen LogP contribution in [0.2, 0.25) is 0 Å². The average Bonchev–Trinajstić information content (AvgIpc) is 2.47. The predicted molar refractivity (Wildman–Crippen MR) is 85.1 cm³/mol. The molecular weight excluding hydrogens is 280 g/mol. The number of nitriles is 1. The minimum absolute atomic E-state index is 0.319. The number of benzene rings is 1. The highest BCUT2D eigenvalue weighted by atomic mass is 16.2. The van der Waals surface area contributed by atoms with Gasteiger partial charge in [0.25, 0.3) is 0 Å². The predicted octanol–water partition coefficient (Wildman–Crippen LogP) is 1.20. The van der Waals surface area contributed by atoms with E-state index in [1.54, 1.807) is 38.1 Å². The Hall–Kier alpha value is -2.39. The second-order valence-electron chi connectivity index (χ2n) is 5.83. The second kappa shape index (κ2) is 7.57. The summed E-state index contributed by atoms with van der Waals surface area (Å²) in [5.74, 6) is -0.708. The molecule has 1 aromatic carbocycles. The average molecular weight is 302 g/mol. The molecule has 2 N–H and O–H groups in total. The van der Waals surface area contributed by atoms with E-state index in [1.807, 2.05) is 25.1 Å². The molecule has 6 nitrogen and oxygen atoms in total. The Morgan fingerprint density at radius 1 is 1.18 bits per heavy atom. The van der Waals surface area contributed by atoms with Crippen LogP contribution in [0.5, 0.6) is 0 Å². The van der Waals surface area contributed by atoms with Gasteiger partial charge in [-0.25, -0.2) is 0 Å². The number of rotatable bonds is 6. The topological polar surface area (TPSA) is 85.2 Å². The Morgan fingerprint density at radius 3 is 2.27 bits per heavy atom. The van der Waals surface area contributed by atoms with Gasteiger partial charge in [-0.3, -0.25) is 9.59 Å². The summed E-state index contributed by atoms with van der Waals surface area (Å²) in [5, 5.41) is 14.2. The van der Waals surface area contributed by atoms with Crippen molar-refractivity contribution in [3.8, 4) is 6.07 Å². The molecule has 0 atom stereocenters. The molecule has 0 bridgehead atoms. The van der Waals surface area contributed by atoms with Crippen molar-refractivity contribution in [2.45, 2.75) is 13.8 Å². The quantitative estimate of drug-likeness (QED) is 0.773. The van der Waals surface area contributed by atoms with Crippen molar-refractivity contribution in [1.82, 2.24) is 10.2 Å². The van der Waals surface area contributed by atoms with Crippen LogP contribution in [-0.4, -0.2) is 43.9 Å². The monoisotopic (exact) mass is 302 g/mol. The number of likely N-dealkylation sites (N-methyl/N-ethyl adjacent to an activating group) is 1. The summed E-state index contributed by atoms with van der Waals surface area (Å²) in [7, 11) is 3.82. The van der Waals surface area contributed by atoms with Gasteiger partial charge < -0.3 is 15.5 Å². The van der Waals surface area contributed by atoms with Crippen molar-refractivity contribution < 1.29 is 9.59 Å². The van der Waals surface area contributed by atoms with E-state index < -0.39 is 5.41 Å². The third-order valence-corrected chi connectivity index (χ3v) is 3.25. The van der Waals surface area contributed by atoms with E-state index in [2.05, 4.69) is 10.6 Å². The standard InChI is InChI=1S/C16H22N4O2/c1-16(2,14(21)18-9-10-20(3)4)15(22)19-13-7-5-12(11-17)6-8-13/h5-8H,9-10H2,1-4H3,(H,18,21)(H,19,22). The largest absolute Gasteiger partial charge is 0.354 e. The van der Waals surface area contributed by atoms with E-state index in [4.69, 9.17) is 5.26 Å². The fraction of sp³-hybridized carbons (Fsp3) is 0.438. The van der Waals surface area contributed by atoms with E-state index in [0.717, 1.165) is 0 Å². The summed E-state index contributed by atoms with van der Waals surface area (Å²) in [6, 6.07) is 8.50. The summed E-state index contributed by atoms with van der Waals surface area (Å²) in [6.45, 7) is 4.35. The van der Waals surface area contributed by atoms with Crippen molar-refractivity contribution in [2.75, 3.05) is 32.5 Å². The van der Waals surface area contributed by atoms with Crippen LogP contribution in [0, 0.1) is 16.7 Å². The summed E-state index contributed by atoms with van der Waals surface area (Å²) in [4.78, 5) is 26.4. The van der Waals surface area contributed by atoms with E-state index in [-0.39, 0.29) is 11.8 Å². The maximum atomic E-state index is 12.3. The zero-order chi connectivity index (χ0) is 16.8. The number of amides is 2. The molecule has 0 aromatic heterocycles. The highest BCUT2D eigenvalue weighted by Crippen LogP contribution is 2.19. The van der Waals surface area contributed by atoms with Crippen molar-refractivity contribution in [3.05, 3.63) is 29.8 Å². The van der Waals surface area contributed by atoms with E-state index >= 15 is 0 Å². The van der Waals surface area contributed by atoms with Crippen LogP contribution in [0.1, 0.15) is 19.4 Å². The van der Waals surface area contributed by atoms with Crippen LogP contribution in [0.4, 0.5) is 5.69 Å².